The zero-order valence-electron chi connectivity index (χ0n) is 17.1. The highest BCUT2D eigenvalue weighted by Gasteiger charge is 2.28. The maximum Gasteiger partial charge on any atom is 0.264 e. The minimum atomic E-state index is -3.99. The molecule has 162 valence electrons. The highest BCUT2D eigenvalue weighted by Crippen LogP contribution is 2.30. The Bertz CT molecular complexity index is 1200. The monoisotopic (exact) mass is 520 g/mol. The van der Waals surface area contributed by atoms with Crippen LogP contribution in [0, 0.1) is 13.8 Å². The van der Waals surface area contributed by atoms with E-state index in [4.69, 9.17) is 11.6 Å². The summed E-state index contributed by atoms with van der Waals surface area (Å²) >= 11 is 9.64. The molecule has 0 aliphatic heterocycles. The molecule has 3 rings (SSSR count). The number of nitrogens with zero attached hydrogens (tertiary/aromatic N) is 1. The van der Waals surface area contributed by atoms with Gasteiger partial charge in [-0.3, -0.25) is 9.10 Å². The van der Waals surface area contributed by atoms with Crippen molar-refractivity contribution in [1.82, 2.24) is 5.32 Å². The van der Waals surface area contributed by atoms with Gasteiger partial charge in [-0.2, -0.15) is 0 Å². The SMILES string of the molecule is Cc1ccc(S(=O)(=O)N(CC(=O)NCc2cccc(Br)c2)c2cccc(Cl)c2C)cc1. The summed E-state index contributed by atoms with van der Waals surface area (Å²) in [5.74, 6) is -0.421. The Kier molecular flexibility index (Phi) is 7.41. The highest BCUT2D eigenvalue weighted by molar-refractivity contribution is 9.10. The van der Waals surface area contributed by atoms with E-state index in [-0.39, 0.29) is 18.0 Å². The molecule has 0 spiro atoms. The lowest BCUT2D eigenvalue weighted by Crippen LogP contribution is -2.41. The van der Waals surface area contributed by atoms with Crippen LogP contribution in [-0.2, 0) is 21.4 Å². The van der Waals surface area contributed by atoms with Crippen LogP contribution in [-0.4, -0.2) is 20.9 Å². The van der Waals surface area contributed by atoms with Crippen LogP contribution in [0.15, 0.2) is 76.1 Å². The number of hydrogen-bond acceptors (Lipinski definition) is 3. The molecular weight excluding hydrogens is 500 g/mol. The number of carbonyl (C=O) groups excluding carboxylic acids is 1. The zero-order valence-corrected chi connectivity index (χ0v) is 20.3. The number of anilines is 1. The second kappa shape index (κ2) is 9.85. The van der Waals surface area contributed by atoms with Crippen molar-refractivity contribution in [2.45, 2.75) is 25.3 Å². The third kappa shape index (κ3) is 5.67. The van der Waals surface area contributed by atoms with Gasteiger partial charge < -0.3 is 5.32 Å². The van der Waals surface area contributed by atoms with Crippen LogP contribution in [0.3, 0.4) is 0 Å². The van der Waals surface area contributed by atoms with Crippen LogP contribution >= 0.6 is 27.5 Å². The van der Waals surface area contributed by atoms with Crippen LogP contribution in [0.25, 0.3) is 0 Å². The summed E-state index contributed by atoms with van der Waals surface area (Å²) in [5, 5.41) is 3.22. The Morgan fingerprint density at radius 1 is 1.03 bits per heavy atom. The van der Waals surface area contributed by atoms with Crippen molar-refractivity contribution in [2.75, 3.05) is 10.8 Å². The Morgan fingerprint density at radius 2 is 1.71 bits per heavy atom. The molecule has 0 aromatic heterocycles. The van der Waals surface area contributed by atoms with Gasteiger partial charge in [0.1, 0.15) is 6.54 Å². The molecule has 0 radical (unpaired) electrons. The van der Waals surface area contributed by atoms with E-state index in [1.807, 2.05) is 31.2 Å². The molecule has 8 heteroatoms. The van der Waals surface area contributed by atoms with Crippen molar-refractivity contribution in [3.63, 3.8) is 0 Å². The number of amides is 1. The van der Waals surface area contributed by atoms with Gasteiger partial charge >= 0.3 is 0 Å². The van der Waals surface area contributed by atoms with Gasteiger partial charge in [0.2, 0.25) is 5.91 Å². The van der Waals surface area contributed by atoms with Gasteiger partial charge in [0.25, 0.3) is 10.0 Å². The molecular formula is C23H22BrClN2O3S. The fourth-order valence-electron chi connectivity index (χ4n) is 3.04. The summed E-state index contributed by atoms with van der Waals surface area (Å²) < 4.78 is 28.9. The van der Waals surface area contributed by atoms with Gasteiger partial charge in [0.05, 0.1) is 10.6 Å². The standard InChI is InChI=1S/C23H22BrClN2O3S/c1-16-9-11-20(12-10-16)31(29,30)27(22-8-4-7-21(25)17(22)2)15-23(28)26-14-18-5-3-6-19(24)13-18/h3-13H,14-15H2,1-2H3,(H,26,28). The maximum absolute atomic E-state index is 13.5. The largest absolute Gasteiger partial charge is 0.350 e. The van der Waals surface area contributed by atoms with E-state index in [1.54, 1.807) is 37.3 Å². The lowest BCUT2D eigenvalue weighted by Gasteiger charge is -2.26. The second-order valence-electron chi connectivity index (χ2n) is 7.12. The van der Waals surface area contributed by atoms with E-state index in [2.05, 4.69) is 21.2 Å². The third-order valence-electron chi connectivity index (χ3n) is 4.78. The predicted octanol–water partition coefficient (Wildman–Crippen LogP) is 5.23. The molecule has 3 aromatic rings. The topological polar surface area (TPSA) is 66.5 Å². The Balaban J connectivity index is 1.91. The second-order valence-corrected chi connectivity index (χ2v) is 10.3. The molecule has 0 heterocycles. The Hall–Kier alpha value is -2.35. The number of rotatable bonds is 7. The summed E-state index contributed by atoms with van der Waals surface area (Å²) in [6.07, 6.45) is 0. The molecule has 0 saturated heterocycles. The van der Waals surface area contributed by atoms with Crippen molar-refractivity contribution in [3.05, 3.63) is 92.9 Å². The minimum Gasteiger partial charge on any atom is -0.350 e. The number of benzene rings is 3. The molecule has 3 aromatic carbocycles. The van der Waals surface area contributed by atoms with Crippen molar-refractivity contribution in [1.29, 1.82) is 0 Å². The maximum atomic E-state index is 13.5. The van der Waals surface area contributed by atoms with E-state index < -0.39 is 15.9 Å². The molecule has 0 aliphatic rings. The van der Waals surface area contributed by atoms with E-state index >= 15 is 0 Å². The smallest absolute Gasteiger partial charge is 0.264 e. The number of aryl methyl sites for hydroxylation is 1. The van der Waals surface area contributed by atoms with E-state index in [1.165, 1.54) is 12.1 Å². The number of hydrogen-bond donors (Lipinski definition) is 1. The minimum absolute atomic E-state index is 0.109. The first-order valence-electron chi connectivity index (χ1n) is 9.54. The first-order valence-corrected chi connectivity index (χ1v) is 12.2. The summed E-state index contributed by atoms with van der Waals surface area (Å²) in [6, 6.07) is 19.1. The fourth-order valence-corrected chi connectivity index (χ4v) is 5.13. The Labute approximate surface area is 196 Å². The molecule has 0 fully saturated rings. The fraction of sp³-hybridized carbons (Fsp3) is 0.174. The first kappa shape index (κ1) is 23.3. The molecule has 1 amide bonds. The van der Waals surface area contributed by atoms with Gasteiger partial charge in [-0.05, 0) is 61.4 Å². The van der Waals surface area contributed by atoms with Gasteiger partial charge in [-0.15, -0.1) is 0 Å². The molecule has 0 bridgehead atoms. The zero-order chi connectivity index (χ0) is 22.6. The molecule has 0 unspecified atom stereocenters. The molecule has 0 aliphatic carbocycles. The summed E-state index contributed by atoms with van der Waals surface area (Å²) in [5.41, 5.74) is 2.79. The quantitative estimate of drug-likeness (QED) is 0.463. The van der Waals surface area contributed by atoms with Crippen LogP contribution in [0.1, 0.15) is 16.7 Å². The van der Waals surface area contributed by atoms with Crippen molar-refractivity contribution >= 4 is 49.1 Å². The summed E-state index contributed by atoms with van der Waals surface area (Å²) in [4.78, 5) is 12.9. The highest BCUT2D eigenvalue weighted by atomic mass is 79.9. The van der Waals surface area contributed by atoms with Crippen molar-refractivity contribution < 1.29 is 13.2 Å². The summed E-state index contributed by atoms with van der Waals surface area (Å²) in [6.45, 7) is 3.52. The van der Waals surface area contributed by atoms with Crippen LogP contribution in [0.5, 0.6) is 0 Å². The molecule has 31 heavy (non-hydrogen) atoms. The van der Waals surface area contributed by atoms with Crippen molar-refractivity contribution in [3.8, 4) is 0 Å². The van der Waals surface area contributed by atoms with E-state index in [9.17, 15) is 13.2 Å². The lowest BCUT2D eigenvalue weighted by atomic mass is 10.2. The van der Waals surface area contributed by atoms with Gasteiger partial charge in [0.15, 0.2) is 0 Å². The van der Waals surface area contributed by atoms with Crippen LogP contribution in [0.2, 0.25) is 5.02 Å². The van der Waals surface area contributed by atoms with Crippen molar-refractivity contribution in [2.24, 2.45) is 0 Å². The number of halogens is 2. The molecule has 0 atom stereocenters. The van der Waals surface area contributed by atoms with E-state index in [0.29, 0.717) is 16.3 Å². The van der Waals surface area contributed by atoms with Gasteiger partial charge in [0, 0.05) is 16.0 Å². The number of nitrogens with one attached hydrogen (secondary N) is 1. The lowest BCUT2D eigenvalue weighted by molar-refractivity contribution is -0.119. The first-order chi connectivity index (χ1) is 14.7. The normalized spacial score (nSPS) is 11.2. The van der Waals surface area contributed by atoms with E-state index in [0.717, 1.165) is 19.9 Å². The number of sulfonamides is 1. The number of carbonyl (C=O) groups is 1. The molecule has 0 saturated carbocycles. The van der Waals surface area contributed by atoms with Crippen LogP contribution in [0.4, 0.5) is 5.69 Å². The average molecular weight is 522 g/mol. The van der Waals surface area contributed by atoms with Crippen LogP contribution < -0.4 is 9.62 Å². The van der Waals surface area contributed by atoms with Gasteiger partial charge in [-0.25, -0.2) is 8.42 Å². The molecule has 5 nitrogen and oxygen atoms in total. The average Bonchev–Trinajstić information content (AvgIpc) is 2.73. The molecule has 1 N–H and O–H groups in total. The Morgan fingerprint density at radius 3 is 2.39 bits per heavy atom. The van der Waals surface area contributed by atoms with Gasteiger partial charge in [-0.1, -0.05) is 63.4 Å². The predicted molar refractivity (Wildman–Crippen MR) is 128 cm³/mol. The summed E-state index contributed by atoms with van der Waals surface area (Å²) in [7, 11) is -3.99. The third-order valence-corrected chi connectivity index (χ3v) is 7.46.